The molecule has 1 heterocycles. The zero-order valence-corrected chi connectivity index (χ0v) is 15.9. The fourth-order valence-corrected chi connectivity index (χ4v) is 3.06. The van der Waals surface area contributed by atoms with Gasteiger partial charge < -0.3 is 15.7 Å². The van der Waals surface area contributed by atoms with Crippen LogP contribution < -0.4 is 16.0 Å². The van der Waals surface area contributed by atoms with Crippen LogP contribution in [0.2, 0.25) is 0 Å². The van der Waals surface area contributed by atoms with Crippen molar-refractivity contribution in [1.82, 2.24) is 10.6 Å². The highest BCUT2D eigenvalue weighted by Gasteiger charge is 2.27. The van der Waals surface area contributed by atoms with E-state index in [4.69, 9.17) is 0 Å². The third-order valence-electron chi connectivity index (χ3n) is 3.91. The molecule has 2 aromatic rings. The standard InChI is InChI=1S/C19H16BrN3O4/c1-10(24)22-16-5-2-11(6-17(16)25)8-21-9-15-14-7-12(20)3-4-13(14)18(26)23-19(15)27/h2-7,9,21,25H,8H2,1H3,(H,22,24)(H,23,26,27). The minimum Gasteiger partial charge on any atom is -0.506 e. The van der Waals surface area contributed by atoms with E-state index in [0.29, 0.717) is 28.9 Å². The summed E-state index contributed by atoms with van der Waals surface area (Å²) in [6, 6.07) is 9.95. The Morgan fingerprint density at radius 2 is 1.93 bits per heavy atom. The van der Waals surface area contributed by atoms with E-state index in [-0.39, 0.29) is 11.7 Å². The first-order chi connectivity index (χ1) is 12.8. The fourth-order valence-electron chi connectivity index (χ4n) is 2.69. The number of benzene rings is 2. The van der Waals surface area contributed by atoms with Gasteiger partial charge >= 0.3 is 0 Å². The molecule has 3 rings (SSSR count). The average Bonchev–Trinajstić information content (AvgIpc) is 2.59. The lowest BCUT2D eigenvalue weighted by atomic mass is 9.95. The number of hydrogen-bond donors (Lipinski definition) is 4. The Morgan fingerprint density at radius 1 is 1.15 bits per heavy atom. The summed E-state index contributed by atoms with van der Waals surface area (Å²) in [5.41, 5.74) is 2.37. The summed E-state index contributed by atoms with van der Waals surface area (Å²) in [7, 11) is 0. The molecule has 0 saturated heterocycles. The Kier molecular flexibility index (Phi) is 5.27. The average molecular weight is 430 g/mol. The lowest BCUT2D eigenvalue weighted by molar-refractivity contribution is -0.115. The fraction of sp³-hybridized carbons (Fsp3) is 0.105. The van der Waals surface area contributed by atoms with Crippen LogP contribution in [0.1, 0.15) is 28.4 Å². The van der Waals surface area contributed by atoms with Crippen molar-refractivity contribution in [1.29, 1.82) is 0 Å². The van der Waals surface area contributed by atoms with Crippen LogP contribution in [0.25, 0.3) is 5.57 Å². The molecule has 8 heteroatoms. The highest BCUT2D eigenvalue weighted by molar-refractivity contribution is 9.10. The molecule has 27 heavy (non-hydrogen) atoms. The normalized spacial score (nSPS) is 14.5. The minimum absolute atomic E-state index is 0.0487. The number of phenols is 1. The first kappa shape index (κ1) is 18.7. The third kappa shape index (κ3) is 4.17. The molecule has 7 nitrogen and oxygen atoms in total. The molecule has 0 aliphatic carbocycles. The van der Waals surface area contributed by atoms with Crippen LogP contribution in [0.3, 0.4) is 0 Å². The van der Waals surface area contributed by atoms with Crippen LogP contribution >= 0.6 is 15.9 Å². The lowest BCUT2D eigenvalue weighted by Crippen LogP contribution is -2.37. The van der Waals surface area contributed by atoms with Gasteiger partial charge in [0.05, 0.1) is 11.3 Å². The highest BCUT2D eigenvalue weighted by Crippen LogP contribution is 2.27. The number of fused-ring (bicyclic) bond motifs is 1. The predicted molar refractivity (Wildman–Crippen MR) is 104 cm³/mol. The van der Waals surface area contributed by atoms with E-state index in [1.54, 1.807) is 30.3 Å². The SMILES string of the molecule is CC(=O)Nc1ccc(CNC=C2C(=O)NC(=O)c3ccc(Br)cc32)cc1O. The van der Waals surface area contributed by atoms with E-state index < -0.39 is 11.8 Å². The summed E-state index contributed by atoms with van der Waals surface area (Å²) in [6.07, 6.45) is 1.53. The molecule has 0 atom stereocenters. The minimum atomic E-state index is -0.484. The zero-order chi connectivity index (χ0) is 19.6. The molecular formula is C19H16BrN3O4. The van der Waals surface area contributed by atoms with Crippen molar-refractivity contribution >= 4 is 44.9 Å². The molecule has 0 radical (unpaired) electrons. The maximum atomic E-state index is 12.2. The Bertz CT molecular complexity index is 985. The van der Waals surface area contributed by atoms with Gasteiger partial charge in [-0.1, -0.05) is 22.0 Å². The largest absolute Gasteiger partial charge is 0.506 e. The molecule has 0 unspecified atom stereocenters. The number of carbonyl (C=O) groups excluding carboxylic acids is 3. The second-order valence-electron chi connectivity index (χ2n) is 5.94. The zero-order valence-electron chi connectivity index (χ0n) is 14.3. The summed E-state index contributed by atoms with van der Waals surface area (Å²) in [4.78, 5) is 35.2. The second kappa shape index (κ2) is 7.63. The third-order valence-corrected chi connectivity index (χ3v) is 4.41. The van der Waals surface area contributed by atoms with Gasteiger partial charge in [-0.05, 0) is 35.9 Å². The van der Waals surface area contributed by atoms with E-state index in [9.17, 15) is 19.5 Å². The smallest absolute Gasteiger partial charge is 0.260 e. The summed E-state index contributed by atoms with van der Waals surface area (Å²) in [5.74, 6) is -1.24. The summed E-state index contributed by atoms with van der Waals surface area (Å²) >= 11 is 3.35. The van der Waals surface area contributed by atoms with E-state index in [1.807, 2.05) is 0 Å². The van der Waals surface area contributed by atoms with Crippen LogP contribution in [-0.2, 0) is 16.1 Å². The van der Waals surface area contributed by atoms with Crippen molar-refractivity contribution in [3.63, 3.8) is 0 Å². The van der Waals surface area contributed by atoms with Crippen molar-refractivity contribution in [2.24, 2.45) is 0 Å². The van der Waals surface area contributed by atoms with Gasteiger partial charge in [0, 0.05) is 35.3 Å². The molecular weight excluding hydrogens is 414 g/mol. The van der Waals surface area contributed by atoms with Gasteiger partial charge in [0.1, 0.15) is 5.75 Å². The molecule has 2 aromatic carbocycles. The first-order valence-electron chi connectivity index (χ1n) is 8.04. The molecule has 3 amide bonds. The number of aromatic hydroxyl groups is 1. The number of hydrogen-bond acceptors (Lipinski definition) is 5. The van der Waals surface area contributed by atoms with Crippen LogP contribution in [0, 0.1) is 0 Å². The first-order valence-corrected chi connectivity index (χ1v) is 8.83. The molecule has 0 bridgehead atoms. The predicted octanol–water partition coefficient (Wildman–Crippen LogP) is 2.51. The Morgan fingerprint density at radius 3 is 2.63 bits per heavy atom. The molecule has 0 saturated carbocycles. The van der Waals surface area contributed by atoms with Crippen molar-refractivity contribution in [3.05, 3.63) is 63.8 Å². The maximum absolute atomic E-state index is 12.2. The van der Waals surface area contributed by atoms with Crippen molar-refractivity contribution in [3.8, 4) is 5.75 Å². The van der Waals surface area contributed by atoms with Crippen molar-refractivity contribution in [2.75, 3.05) is 5.32 Å². The molecule has 1 aliphatic heterocycles. The number of amides is 3. The summed E-state index contributed by atoms with van der Waals surface area (Å²) < 4.78 is 0.758. The number of nitrogens with one attached hydrogen (secondary N) is 3. The van der Waals surface area contributed by atoms with Crippen LogP contribution in [-0.4, -0.2) is 22.8 Å². The Hall–Kier alpha value is -3.13. The van der Waals surface area contributed by atoms with E-state index in [2.05, 4.69) is 31.9 Å². The molecule has 0 spiro atoms. The number of phenolic OH excluding ortho intramolecular Hbond substituents is 1. The topological polar surface area (TPSA) is 108 Å². The summed E-state index contributed by atoms with van der Waals surface area (Å²) in [6.45, 7) is 1.69. The van der Waals surface area contributed by atoms with E-state index in [0.717, 1.165) is 10.0 Å². The van der Waals surface area contributed by atoms with Gasteiger partial charge in [0.2, 0.25) is 5.91 Å². The van der Waals surface area contributed by atoms with Crippen LogP contribution in [0.15, 0.2) is 47.1 Å². The van der Waals surface area contributed by atoms with Crippen LogP contribution in [0.5, 0.6) is 5.75 Å². The van der Waals surface area contributed by atoms with Gasteiger partial charge in [-0.2, -0.15) is 0 Å². The number of carbonyl (C=O) groups is 3. The molecule has 4 N–H and O–H groups in total. The maximum Gasteiger partial charge on any atom is 0.260 e. The molecule has 138 valence electrons. The number of rotatable bonds is 4. The van der Waals surface area contributed by atoms with Crippen molar-refractivity contribution in [2.45, 2.75) is 13.5 Å². The monoisotopic (exact) mass is 429 g/mol. The number of halogens is 1. The van der Waals surface area contributed by atoms with Crippen LogP contribution in [0.4, 0.5) is 5.69 Å². The highest BCUT2D eigenvalue weighted by atomic mass is 79.9. The van der Waals surface area contributed by atoms with Gasteiger partial charge in [-0.25, -0.2) is 0 Å². The Labute approximate surface area is 163 Å². The van der Waals surface area contributed by atoms with Gasteiger partial charge in [0.15, 0.2) is 0 Å². The van der Waals surface area contributed by atoms with Crippen molar-refractivity contribution < 1.29 is 19.5 Å². The number of anilines is 1. The number of imide groups is 1. The van der Waals surface area contributed by atoms with Gasteiger partial charge in [0.25, 0.3) is 11.8 Å². The lowest BCUT2D eigenvalue weighted by Gasteiger charge is -2.18. The molecule has 1 aliphatic rings. The van der Waals surface area contributed by atoms with E-state index in [1.165, 1.54) is 19.2 Å². The Balaban J connectivity index is 1.79. The van der Waals surface area contributed by atoms with Gasteiger partial charge in [-0.15, -0.1) is 0 Å². The second-order valence-corrected chi connectivity index (χ2v) is 6.86. The summed E-state index contributed by atoms with van der Waals surface area (Å²) in [5, 5.41) is 17.8. The van der Waals surface area contributed by atoms with Gasteiger partial charge in [-0.3, -0.25) is 19.7 Å². The molecule has 0 fully saturated rings. The molecule has 0 aromatic heterocycles. The van der Waals surface area contributed by atoms with E-state index >= 15 is 0 Å². The quantitative estimate of drug-likeness (QED) is 0.339.